The Morgan fingerprint density at radius 2 is 2.06 bits per heavy atom. The van der Waals surface area contributed by atoms with Crippen LogP contribution in [0.3, 0.4) is 0 Å². The molecular formula is C25H34N4O4. The third kappa shape index (κ3) is 5.38. The zero-order valence-electron chi connectivity index (χ0n) is 19.4. The Kier molecular flexibility index (Phi) is 7.65. The summed E-state index contributed by atoms with van der Waals surface area (Å²) in [4.78, 5) is 30.5. The van der Waals surface area contributed by atoms with E-state index in [1.165, 1.54) is 5.56 Å². The molecule has 1 N–H and O–H groups in total. The van der Waals surface area contributed by atoms with Gasteiger partial charge in [0, 0.05) is 19.3 Å². The number of aromatic amines is 1. The average Bonchev–Trinajstić information content (AvgIpc) is 3.38. The van der Waals surface area contributed by atoms with Gasteiger partial charge in [0.1, 0.15) is 18.1 Å². The summed E-state index contributed by atoms with van der Waals surface area (Å²) in [5.74, 6) is 0.725. The first-order chi connectivity index (χ1) is 16.1. The number of nitrogens with one attached hydrogen (secondary N) is 1. The van der Waals surface area contributed by atoms with Crippen molar-refractivity contribution >= 4 is 11.8 Å². The van der Waals surface area contributed by atoms with Crippen LogP contribution in [0.15, 0.2) is 36.5 Å². The number of para-hydroxylation sites is 1. The van der Waals surface area contributed by atoms with Crippen molar-refractivity contribution in [2.75, 3.05) is 39.4 Å². The summed E-state index contributed by atoms with van der Waals surface area (Å²) in [6.07, 6.45) is 6.69. The van der Waals surface area contributed by atoms with Gasteiger partial charge >= 0.3 is 0 Å². The smallest absolute Gasteiger partial charge is 0.272 e. The number of hydrogen-bond acceptors (Lipinski definition) is 5. The van der Waals surface area contributed by atoms with Crippen molar-refractivity contribution in [3.8, 4) is 5.75 Å². The van der Waals surface area contributed by atoms with Gasteiger partial charge in [0.15, 0.2) is 5.60 Å². The van der Waals surface area contributed by atoms with Crippen molar-refractivity contribution in [2.24, 2.45) is 0 Å². The molecule has 2 aliphatic heterocycles. The van der Waals surface area contributed by atoms with Crippen LogP contribution in [0.5, 0.6) is 5.75 Å². The number of morpholine rings is 1. The maximum absolute atomic E-state index is 13.9. The summed E-state index contributed by atoms with van der Waals surface area (Å²) < 4.78 is 12.3. The standard InChI is InChI=1S/C25H34N4O4/c1-2-3-14-28-15-17-32-22-10-5-4-8-20(22)9-6-7-12-25(24(28)31)19-29(16-18-33-25)23(30)21-11-13-26-27-21/h4-5,8,10-11,13H,2-3,6-7,9,12,14-19H2,1H3,(H,26,27). The van der Waals surface area contributed by atoms with E-state index in [0.29, 0.717) is 45.0 Å². The highest BCUT2D eigenvalue weighted by molar-refractivity contribution is 5.93. The van der Waals surface area contributed by atoms with Crippen LogP contribution < -0.4 is 4.74 Å². The number of carbonyl (C=O) groups excluding carboxylic acids is 2. The lowest BCUT2D eigenvalue weighted by atomic mass is 9.90. The second-order valence-corrected chi connectivity index (χ2v) is 8.85. The predicted molar refractivity (Wildman–Crippen MR) is 124 cm³/mol. The first-order valence-corrected chi connectivity index (χ1v) is 12.1. The van der Waals surface area contributed by atoms with Gasteiger partial charge in [0.05, 0.1) is 19.7 Å². The van der Waals surface area contributed by atoms with Gasteiger partial charge in [-0.3, -0.25) is 14.7 Å². The molecule has 178 valence electrons. The maximum Gasteiger partial charge on any atom is 0.272 e. The molecular weight excluding hydrogens is 420 g/mol. The van der Waals surface area contributed by atoms with E-state index in [4.69, 9.17) is 9.47 Å². The molecule has 33 heavy (non-hydrogen) atoms. The molecule has 4 rings (SSSR count). The van der Waals surface area contributed by atoms with Crippen LogP contribution in [0.1, 0.15) is 55.1 Å². The molecule has 1 fully saturated rings. The minimum atomic E-state index is -1.03. The molecule has 0 radical (unpaired) electrons. The molecule has 0 saturated carbocycles. The molecule has 0 bridgehead atoms. The average molecular weight is 455 g/mol. The zero-order chi connectivity index (χ0) is 23.1. The predicted octanol–water partition coefficient (Wildman–Crippen LogP) is 3.06. The normalized spacial score (nSPS) is 22.3. The van der Waals surface area contributed by atoms with E-state index < -0.39 is 5.60 Å². The van der Waals surface area contributed by atoms with Gasteiger partial charge in [-0.15, -0.1) is 0 Å². The number of unbranched alkanes of at least 4 members (excludes halogenated alkanes) is 1. The molecule has 1 spiro atoms. The van der Waals surface area contributed by atoms with E-state index in [2.05, 4.69) is 23.2 Å². The number of aryl methyl sites for hydroxylation is 1. The number of nitrogens with zero attached hydrogens (tertiary/aromatic N) is 3. The van der Waals surface area contributed by atoms with Crippen molar-refractivity contribution in [2.45, 2.75) is 51.0 Å². The first-order valence-electron chi connectivity index (χ1n) is 12.1. The SMILES string of the molecule is CCCCN1CCOc2ccccc2CCCCC2(CN(C(=O)c3ccn[nH]3)CCO2)C1=O. The van der Waals surface area contributed by atoms with Gasteiger partial charge in [-0.25, -0.2) is 0 Å². The lowest BCUT2D eigenvalue weighted by Gasteiger charge is -2.44. The number of benzene rings is 1. The minimum Gasteiger partial charge on any atom is -0.491 e. The first kappa shape index (κ1) is 23.3. The second kappa shape index (κ2) is 10.8. The molecule has 0 aliphatic carbocycles. The van der Waals surface area contributed by atoms with Crippen molar-refractivity contribution in [3.05, 3.63) is 47.8 Å². The quantitative estimate of drug-likeness (QED) is 0.767. The summed E-state index contributed by atoms with van der Waals surface area (Å²) in [6.45, 7) is 4.74. The van der Waals surface area contributed by atoms with Gasteiger partial charge in [0.2, 0.25) is 0 Å². The monoisotopic (exact) mass is 454 g/mol. The molecule has 1 saturated heterocycles. The maximum atomic E-state index is 13.9. The Morgan fingerprint density at radius 3 is 2.88 bits per heavy atom. The van der Waals surface area contributed by atoms with Crippen LogP contribution in [-0.4, -0.2) is 76.8 Å². The van der Waals surface area contributed by atoms with Crippen molar-refractivity contribution in [1.82, 2.24) is 20.0 Å². The Bertz CT molecular complexity index is 932. The third-order valence-corrected chi connectivity index (χ3v) is 6.53. The number of amides is 2. The fourth-order valence-electron chi connectivity index (χ4n) is 4.69. The molecule has 8 nitrogen and oxygen atoms in total. The lowest BCUT2D eigenvalue weighted by Crippen LogP contribution is -2.62. The Balaban J connectivity index is 1.58. The zero-order valence-corrected chi connectivity index (χ0v) is 19.4. The molecule has 1 unspecified atom stereocenters. The number of ether oxygens (including phenoxy) is 2. The van der Waals surface area contributed by atoms with Crippen molar-refractivity contribution in [1.29, 1.82) is 0 Å². The molecule has 1 aromatic carbocycles. The molecule has 2 amide bonds. The fraction of sp³-hybridized carbons (Fsp3) is 0.560. The number of rotatable bonds is 4. The number of fused-ring (bicyclic) bond motifs is 1. The van der Waals surface area contributed by atoms with Gasteiger partial charge in [0.25, 0.3) is 11.8 Å². The van der Waals surface area contributed by atoms with Gasteiger partial charge in [-0.1, -0.05) is 31.5 Å². The summed E-state index contributed by atoms with van der Waals surface area (Å²) in [7, 11) is 0. The number of H-pyrrole nitrogens is 1. The number of aromatic nitrogens is 2. The third-order valence-electron chi connectivity index (χ3n) is 6.53. The van der Waals surface area contributed by atoms with Gasteiger partial charge < -0.3 is 19.3 Å². The van der Waals surface area contributed by atoms with Crippen LogP contribution in [0.4, 0.5) is 0 Å². The highest BCUT2D eigenvalue weighted by atomic mass is 16.5. The Morgan fingerprint density at radius 1 is 1.18 bits per heavy atom. The Hall–Kier alpha value is -2.87. The molecule has 3 heterocycles. The highest BCUT2D eigenvalue weighted by Crippen LogP contribution is 2.30. The van der Waals surface area contributed by atoms with Crippen LogP contribution >= 0.6 is 0 Å². The van der Waals surface area contributed by atoms with Crippen molar-refractivity contribution < 1.29 is 19.1 Å². The number of hydrogen-bond donors (Lipinski definition) is 1. The molecule has 1 aromatic heterocycles. The van der Waals surface area contributed by atoms with Crippen LogP contribution in [0, 0.1) is 0 Å². The van der Waals surface area contributed by atoms with Crippen LogP contribution in [0.25, 0.3) is 0 Å². The van der Waals surface area contributed by atoms with Crippen LogP contribution in [-0.2, 0) is 16.0 Å². The van der Waals surface area contributed by atoms with Gasteiger partial charge in [-0.05, 0) is 49.8 Å². The summed E-state index contributed by atoms with van der Waals surface area (Å²) in [5, 5.41) is 6.64. The van der Waals surface area contributed by atoms with Crippen molar-refractivity contribution in [3.63, 3.8) is 0 Å². The summed E-state index contributed by atoms with van der Waals surface area (Å²) in [5.41, 5.74) is 0.597. The molecule has 8 heteroatoms. The molecule has 2 aliphatic rings. The molecule has 2 aromatic rings. The van der Waals surface area contributed by atoms with Crippen LogP contribution in [0.2, 0.25) is 0 Å². The van der Waals surface area contributed by atoms with E-state index in [9.17, 15) is 9.59 Å². The minimum absolute atomic E-state index is 0.0319. The fourth-order valence-corrected chi connectivity index (χ4v) is 4.69. The van der Waals surface area contributed by atoms with E-state index in [-0.39, 0.29) is 18.4 Å². The van der Waals surface area contributed by atoms with E-state index in [1.807, 2.05) is 23.1 Å². The second-order valence-electron chi connectivity index (χ2n) is 8.85. The highest BCUT2D eigenvalue weighted by Gasteiger charge is 2.46. The van der Waals surface area contributed by atoms with E-state index in [0.717, 1.165) is 37.9 Å². The van der Waals surface area contributed by atoms with E-state index >= 15 is 0 Å². The molecule has 1 atom stereocenters. The topological polar surface area (TPSA) is 87.8 Å². The summed E-state index contributed by atoms with van der Waals surface area (Å²) >= 11 is 0. The summed E-state index contributed by atoms with van der Waals surface area (Å²) in [6, 6.07) is 9.80. The lowest BCUT2D eigenvalue weighted by molar-refractivity contribution is -0.170. The number of carbonyl (C=O) groups is 2. The van der Waals surface area contributed by atoms with E-state index in [1.54, 1.807) is 17.2 Å². The largest absolute Gasteiger partial charge is 0.491 e. The van der Waals surface area contributed by atoms with Gasteiger partial charge in [-0.2, -0.15) is 5.10 Å². The Labute approximate surface area is 195 Å².